The molecule has 4 heteroatoms. The molecular weight excluding hydrogens is 276 g/mol. The van der Waals surface area contributed by atoms with Crippen LogP contribution in [0.2, 0.25) is 0 Å². The molecular formula is C18H20N2O2. The van der Waals surface area contributed by atoms with Crippen LogP contribution in [0.3, 0.4) is 0 Å². The summed E-state index contributed by atoms with van der Waals surface area (Å²) in [5.74, 6) is 0.143. The second kappa shape index (κ2) is 6.62. The lowest BCUT2D eigenvalue weighted by molar-refractivity contribution is 0.126. The van der Waals surface area contributed by atoms with Crippen molar-refractivity contribution in [1.29, 1.82) is 0 Å². The van der Waals surface area contributed by atoms with E-state index in [1.807, 2.05) is 36.4 Å². The number of hydrogen-bond donors (Lipinski definition) is 2. The van der Waals surface area contributed by atoms with E-state index in [0.717, 1.165) is 0 Å². The minimum Gasteiger partial charge on any atom is -0.465 e. The zero-order valence-electron chi connectivity index (χ0n) is 12.4. The third-order valence-corrected chi connectivity index (χ3v) is 4.20. The first-order valence-corrected chi connectivity index (χ1v) is 7.57. The van der Waals surface area contributed by atoms with Crippen molar-refractivity contribution in [3.63, 3.8) is 0 Å². The molecule has 1 aliphatic rings. The van der Waals surface area contributed by atoms with E-state index in [4.69, 9.17) is 0 Å². The molecule has 1 amide bonds. The molecule has 1 fully saturated rings. The Morgan fingerprint density at radius 2 is 1.59 bits per heavy atom. The van der Waals surface area contributed by atoms with Crippen LogP contribution in [0, 0.1) is 0 Å². The Labute approximate surface area is 130 Å². The third kappa shape index (κ3) is 3.12. The molecule has 114 valence electrons. The Balaban J connectivity index is 1.94. The molecule has 0 bridgehead atoms. The SMILES string of the molecule is O=C(O)N1CCN[C@H](C(c2ccccc2)c2ccccc2)C1. The number of nitrogens with one attached hydrogen (secondary N) is 1. The molecule has 2 aromatic rings. The summed E-state index contributed by atoms with van der Waals surface area (Å²) in [6, 6.07) is 20.6. The summed E-state index contributed by atoms with van der Waals surface area (Å²) in [5, 5.41) is 12.8. The van der Waals surface area contributed by atoms with E-state index in [9.17, 15) is 9.90 Å². The lowest BCUT2D eigenvalue weighted by Crippen LogP contribution is -2.54. The van der Waals surface area contributed by atoms with E-state index in [1.54, 1.807) is 0 Å². The summed E-state index contributed by atoms with van der Waals surface area (Å²) in [6.45, 7) is 1.74. The normalized spacial score (nSPS) is 18.4. The molecule has 2 aromatic carbocycles. The lowest BCUT2D eigenvalue weighted by atomic mass is 9.84. The highest BCUT2D eigenvalue weighted by Gasteiger charge is 2.30. The Morgan fingerprint density at radius 3 is 2.09 bits per heavy atom. The summed E-state index contributed by atoms with van der Waals surface area (Å²) in [5.41, 5.74) is 2.41. The highest BCUT2D eigenvalue weighted by molar-refractivity contribution is 5.65. The maximum absolute atomic E-state index is 11.3. The van der Waals surface area contributed by atoms with Crippen LogP contribution in [0.1, 0.15) is 17.0 Å². The van der Waals surface area contributed by atoms with Crippen molar-refractivity contribution in [3.8, 4) is 0 Å². The molecule has 22 heavy (non-hydrogen) atoms. The number of nitrogens with zero attached hydrogens (tertiary/aromatic N) is 1. The van der Waals surface area contributed by atoms with Gasteiger partial charge in [-0.25, -0.2) is 4.79 Å². The highest BCUT2D eigenvalue weighted by atomic mass is 16.4. The molecule has 4 nitrogen and oxygen atoms in total. The van der Waals surface area contributed by atoms with Crippen LogP contribution in [-0.4, -0.2) is 41.8 Å². The molecule has 0 saturated carbocycles. The second-order valence-corrected chi connectivity index (χ2v) is 5.59. The first-order valence-electron chi connectivity index (χ1n) is 7.57. The Morgan fingerprint density at radius 1 is 1.05 bits per heavy atom. The van der Waals surface area contributed by atoms with Crippen molar-refractivity contribution >= 4 is 6.09 Å². The predicted molar refractivity (Wildman–Crippen MR) is 86.1 cm³/mol. The van der Waals surface area contributed by atoms with Gasteiger partial charge in [0, 0.05) is 31.6 Å². The van der Waals surface area contributed by atoms with Crippen LogP contribution in [0.5, 0.6) is 0 Å². The molecule has 0 spiro atoms. The van der Waals surface area contributed by atoms with Gasteiger partial charge in [-0.1, -0.05) is 60.7 Å². The fourth-order valence-electron chi connectivity index (χ4n) is 3.15. The van der Waals surface area contributed by atoms with Gasteiger partial charge in [-0.2, -0.15) is 0 Å². The van der Waals surface area contributed by atoms with Gasteiger partial charge < -0.3 is 15.3 Å². The Hall–Kier alpha value is -2.33. The van der Waals surface area contributed by atoms with E-state index < -0.39 is 6.09 Å². The van der Waals surface area contributed by atoms with Crippen molar-refractivity contribution in [1.82, 2.24) is 10.2 Å². The monoisotopic (exact) mass is 296 g/mol. The topological polar surface area (TPSA) is 52.6 Å². The first kappa shape index (κ1) is 14.6. The molecule has 1 saturated heterocycles. The second-order valence-electron chi connectivity index (χ2n) is 5.59. The highest BCUT2D eigenvalue weighted by Crippen LogP contribution is 2.29. The quantitative estimate of drug-likeness (QED) is 0.915. The number of amides is 1. The molecule has 1 atom stereocenters. The van der Waals surface area contributed by atoms with E-state index in [0.29, 0.717) is 19.6 Å². The fraction of sp³-hybridized carbons (Fsp3) is 0.278. The predicted octanol–water partition coefficient (Wildman–Crippen LogP) is 2.77. The number of carbonyl (C=O) groups is 1. The lowest BCUT2D eigenvalue weighted by Gasteiger charge is -2.37. The number of carboxylic acid groups (broad SMARTS) is 1. The van der Waals surface area contributed by atoms with Crippen molar-refractivity contribution in [2.75, 3.05) is 19.6 Å². The van der Waals surface area contributed by atoms with Crippen LogP contribution in [0.25, 0.3) is 0 Å². The maximum Gasteiger partial charge on any atom is 0.407 e. The van der Waals surface area contributed by atoms with Gasteiger partial charge in [-0.05, 0) is 11.1 Å². The van der Waals surface area contributed by atoms with Gasteiger partial charge in [0.1, 0.15) is 0 Å². The summed E-state index contributed by atoms with van der Waals surface area (Å²) in [6.07, 6.45) is -0.841. The summed E-state index contributed by atoms with van der Waals surface area (Å²) >= 11 is 0. The molecule has 0 radical (unpaired) electrons. The van der Waals surface area contributed by atoms with Gasteiger partial charge >= 0.3 is 6.09 Å². The largest absolute Gasteiger partial charge is 0.465 e. The van der Waals surface area contributed by atoms with E-state index >= 15 is 0 Å². The van der Waals surface area contributed by atoms with Gasteiger partial charge in [-0.15, -0.1) is 0 Å². The standard InChI is InChI=1S/C18H20N2O2/c21-18(22)20-12-11-19-16(13-20)17(14-7-3-1-4-8-14)15-9-5-2-6-10-15/h1-10,16-17,19H,11-13H2,(H,21,22)/t16-/m0/s1. The smallest absolute Gasteiger partial charge is 0.407 e. The molecule has 1 aliphatic heterocycles. The van der Waals surface area contributed by atoms with E-state index in [1.165, 1.54) is 16.0 Å². The van der Waals surface area contributed by atoms with Crippen LogP contribution < -0.4 is 5.32 Å². The average Bonchev–Trinajstić information content (AvgIpc) is 2.57. The van der Waals surface area contributed by atoms with Gasteiger partial charge in [0.25, 0.3) is 0 Å². The zero-order chi connectivity index (χ0) is 15.4. The van der Waals surface area contributed by atoms with Gasteiger partial charge in [0.15, 0.2) is 0 Å². The van der Waals surface area contributed by atoms with Gasteiger partial charge in [-0.3, -0.25) is 0 Å². The van der Waals surface area contributed by atoms with Crippen molar-refractivity contribution in [2.45, 2.75) is 12.0 Å². The summed E-state index contributed by atoms with van der Waals surface area (Å²) in [7, 11) is 0. The van der Waals surface area contributed by atoms with Gasteiger partial charge in [0.05, 0.1) is 0 Å². The number of benzene rings is 2. The fourth-order valence-corrected chi connectivity index (χ4v) is 3.15. The molecule has 2 N–H and O–H groups in total. The van der Waals surface area contributed by atoms with Crippen molar-refractivity contribution in [2.24, 2.45) is 0 Å². The number of rotatable bonds is 3. The molecule has 0 aliphatic carbocycles. The van der Waals surface area contributed by atoms with Crippen LogP contribution >= 0.6 is 0 Å². The van der Waals surface area contributed by atoms with E-state index in [-0.39, 0.29) is 12.0 Å². The molecule has 0 unspecified atom stereocenters. The average molecular weight is 296 g/mol. The zero-order valence-corrected chi connectivity index (χ0v) is 12.4. The number of piperazine rings is 1. The molecule has 0 aromatic heterocycles. The first-order chi connectivity index (χ1) is 10.8. The van der Waals surface area contributed by atoms with Gasteiger partial charge in [0.2, 0.25) is 0 Å². The molecule has 1 heterocycles. The minimum atomic E-state index is -0.841. The van der Waals surface area contributed by atoms with Crippen molar-refractivity contribution < 1.29 is 9.90 Å². The van der Waals surface area contributed by atoms with E-state index in [2.05, 4.69) is 29.6 Å². The Kier molecular flexibility index (Phi) is 4.39. The molecule has 3 rings (SSSR count). The van der Waals surface area contributed by atoms with Crippen LogP contribution in [-0.2, 0) is 0 Å². The maximum atomic E-state index is 11.3. The number of hydrogen-bond acceptors (Lipinski definition) is 2. The minimum absolute atomic E-state index is 0.0784. The van der Waals surface area contributed by atoms with Crippen LogP contribution in [0.4, 0.5) is 4.79 Å². The van der Waals surface area contributed by atoms with Crippen molar-refractivity contribution in [3.05, 3.63) is 71.8 Å². The van der Waals surface area contributed by atoms with Crippen LogP contribution in [0.15, 0.2) is 60.7 Å². The summed E-state index contributed by atoms with van der Waals surface area (Å²) in [4.78, 5) is 12.8. The third-order valence-electron chi connectivity index (χ3n) is 4.20. The Bertz CT molecular complexity index is 576. The summed E-state index contributed by atoms with van der Waals surface area (Å²) < 4.78 is 0.